The van der Waals surface area contributed by atoms with Gasteiger partial charge in [0.2, 0.25) is 0 Å². The summed E-state index contributed by atoms with van der Waals surface area (Å²) < 4.78 is 37.2. The molecule has 0 N–H and O–H groups in total. The minimum Gasteiger partial charge on any atom is -0.548 e. The van der Waals surface area contributed by atoms with Crippen molar-refractivity contribution < 1.29 is 27.8 Å². The summed E-state index contributed by atoms with van der Waals surface area (Å²) in [6.45, 7) is -0.0728. The molecule has 0 aromatic heterocycles. The maximum atomic E-state index is 12.8. The summed E-state index contributed by atoms with van der Waals surface area (Å²) in [6, 6.07) is 12.1. The van der Waals surface area contributed by atoms with Crippen molar-refractivity contribution in [2.75, 3.05) is 24.1 Å². The molecule has 0 amide bonds. The van der Waals surface area contributed by atoms with Crippen LogP contribution < -0.4 is 18.9 Å². The highest BCUT2D eigenvalue weighted by atomic mass is 32.2. The van der Waals surface area contributed by atoms with E-state index >= 15 is 0 Å². The van der Waals surface area contributed by atoms with E-state index in [4.69, 9.17) is 9.47 Å². The van der Waals surface area contributed by atoms with E-state index < -0.39 is 22.5 Å². The van der Waals surface area contributed by atoms with Gasteiger partial charge in [0.05, 0.1) is 23.1 Å². The Morgan fingerprint density at radius 1 is 1.04 bits per heavy atom. The highest BCUT2D eigenvalue weighted by Crippen LogP contribution is 2.35. The molecule has 1 heterocycles. The molecule has 1 aliphatic rings. The van der Waals surface area contributed by atoms with Crippen LogP contribution in [0.5, 0.6) is 11.5 Å². The molecule has 0 fully saturated rings. The molecule has 0 radical (unpaired) electrons. The number of hydrogen-bond donors (Lipinski definition) is 0. The molecule has 0 bridgehead atoms. The van der Waals surface area contributed by atoms with Crippen LogP contribution in [0.2, 0.25) is 0 Å². The standard InChI is InChI=1S/C16H15NO6S/c18-16(19)11-17(24(20,21)13-4-2-1-3-5-13)12-6-7-14-15(10-12)23-9-8-22-14/h1-7,10H,8-9,11H2,(H,18,19)/p-1. The second kappa shape index (κ2) is 6.40. The first-order valence-electron chi connectivity index (χ1n) is 7.16. The number of ether oxygens (including phenoxy) is 2. The topological polar surface area (TPSA) is 96.0 Å². The Bertz CT molecular complexity index is 850. The molecule has 1 aliphatic heterocycles. The zero-order valence-electron chi connectivity index (χ0n) is 12.5. The molecule has 0 aliphatic carbocycles. The number of carbonyl (C=O) groups is 1. The van der Waals surface area contributed by atoms with E-state index in [9.17, 15) is 18.3 Å². The van der Waals surface area contributed by atoms with Crippen molar-refractivity contribution in [1.29, 1.82) is 0 Å². The zero-order valence-corrected chi connectivity index (χ0v) is 13.4. The number of nitrogens with zero attached hydrogens (tertiary/aromatic N) is 1. The van der Waals surface area contributed by atoms with Gasteiger partial charge < -0.3 is 19.4 Å². The second-order valence-electron chi connectivity index (χ2n) is 5.02. The van der Waals surface area contributed by atoms with Crippen LogP contribution in [0.3, 0.4) is 0 Å². The van der Waals surface area contributed by atoms with Crippen LogP contribution in [0.15, 0.2) is 53.4 Å². The molecule has 0 saturated carbocycles. The van der Waals surface area contributed by atoms with Crippen molar-refractivity contribution in [2.24, 2.45) is 0 Å². The number of rotatable bonds is 5. The monoisotopic (exact) mass is 348 g/mol. The summed E-state index contributed by atoms with van der Waals surface area (Å²) in [4.78, 5) is 11.1. The molecule has 0 atom stereocenters. The third-order valence-corrected chi connectivity index (χ3v) is 5.21. The van der Waals surface area contributed by atoms with Crippen LogP contribution in [0, 0.1) is 0 Å². The number of fused-ring (bicyclic) bond motifs is 1. The van der Waals surface area contributed by atoms with Crippen LogP contribution in [0.1, 0.15) is 0 Å². The van der Waals surface area contributed by atoms with Gasteiger partial charge in [0.25, 0.3) is 10.0 Å². The number of benzene rings is 2. The minimum atomic E-state index is -4.06. The van der Waals surface area contributed by atoms with Gasteiger partial charge in [-0.1, -0.05) is 18.2 Å². The van der Waals surface area contributed by atoms with Crippen molar-refractivity contribution in [3.8, 4) is 11.5 Å². The van der Waals surface area contributed by atoms with E-state index in [1.807, 2.05) is 0 Å². The molecular formula is C16H14NO6S-. The molecule has 126 valence electrons. The first-order chi connectivity index (χ1) is 11.5. The molecular weight excluding hydrogens is 334 g/mol. The molecule has 0 saturated heterocycles. The lowest BCUT2D eigenvalue weighted by Crippen LogP contribution is -2.41. The number of aliphatic carboxylic acids is 1. The largest absolute Gasteiger partial charge is 0.548 e. The van der Waals surface area contributed by atoms with Crippen molar-refractivity contribution in [2.45, 2.75) is 4.90 Å². The average molecular weight is 348 g/mol. The minimum absolute atomic E-state index is 0.0128. The first-order valence-corrected chi connectivity index (χ1v) is 8.60. The fourth-order valence-electron chi connectivity index (χ4n) is 2.34. The molecule has 3 rings (SSSR count). The smallest absolute Gasteiger partial charge is 0.264 e. The second-order valence-corrected chi connectivity index (χ2v) is 6.89. The fourth-order valence-corrected chi connectivity index (χ4v) is 3.76. The maximum absolute atomic E-state index is 12.8. The van der Waals surface area contributed by atoms with Crippen molar-refractivity contribution in [3.05, 3.63) is 48.5 Å². The van der Waals surface area contributed by atoms with Crippen LogP contribution in [-0.4, -0.2) is 34.1 Å². The van der Waals surface area contributed by atoms with Gasteiger partial charge in [0.15, 0.2) is 11.5 Å². The van der Waals surface area contributed by atoms with Gasteiger partial charge in [0.1, 0.15) is 13.2 Å². The number of carbonyl (C=O) groups excluding carboxylic acids is 1. The third kappa shape index (κ3) is 3.13. The SMILES string of the molecule is O=C([O-])CN(c1ccc2c(c1)OCCO2)S(=O)(=O)c1ccccc1. The van der Waals surface area contributed by atoms with Gasteiger partial charge in [-0.05, 0) is 24.3 Å². The number of anilines is 1. The molecule has 2 aromatic rings. The lowest BCUT2D eigenvalue weighted by molar-refractivity contribution is -0.303. The first kappa shape index (κ1) is 16.1. The van der Waals surface area contributed by atoms with E-state index in [-0.39, 0.29) is 10.6 Å². The lowest BCUT2D eigenvalue weighted by atomic mass is 10.2. The number of carboxylic acids is 1. The van der Waals surface area contributed by atoms with E-state index in [1.165, 1.54) is 24.3 Å². The number of sulfonamides is 1. The Hall–Kier alpha value is -2.74. The fraction of sp³-hybridized carbons (Fsp3) is 0.188. The Kier molecular flexibility index (Phi) is 4.30. The van der Waals surface area contributed by atoms with Gasteiger partial charge in [0, 0.05) is 6.07 Å². The van der Waals surface area contributed by atoms with Gasteiger partial charge in [-0.3, -0.25) is 4.31 Å². The highest BCUT2D eigenvalue weighted by molar-refractivity contribution is 7.92. The van der Waals surface area contributed by atoms with Crippen molar-refractivity contribution >= 4 is 21.7 Å². The predicted octanol–water partition coefficient (Wildman–Crippen LogP) is 0.403. The molecule has 8 heteroatoms. The van der Waals surface area contributed by atoms with Crippen LogP contribution in [0.4, 0.5) is 5.69 Å². The maximum Gasteiger partial charge on any atom is 0.264 e. The normalized spacial score (nSPS) is 13.3. The Balaban J connectivity index is 2.05. The van der Waals surface area contributed by atoms with Gasteiger partial charge in [-0.15, -0.1) is 0 Å². The summed E-state index contributed by atoms with van der Waals surface area (Å²) in [5, 5.41) is 11.1. The molecule has 0 spiro atoms. The summed E-state index contributed by atoms with van der Waals surface area (Å²) in [5.74, 6) is -0.662. The molecule has 7 nitrogen and oxygen atoms in total. The summed E-state index contributed by atoms with van der Waals surface area (Å²) in [7, 11) is -4.06. The zero-order chi connectivity index (χ0) is 17.2. The Morgan fingerprint density at radius 3 is 2.38 bits per heavy atom. The molecule has 0 unspecified atom stereocenters. The summed E-state index contributed by atoms with van der Waals surface area (Å²) >= 11 is 0. The number of carboxylic acid groups (broad SMARTS) is 1. The summed E-state index contributed by atoms with van der Waals surface area (Å²) in [5.41, 5.74) is 0.160. The average Bonchev–Trinajstić information content (AvgIpc) is 2.60. The van der Waals surface area contributed by atoms with Crippen LogP contribution in [0.25, 0.3) is 0 Å². The number of hydrogen-bond acceptors (Lipinski definition) is 6. The van der Waals surface area contributed by atoms with E-state index in [1.54, 1.807) is 24.3 Å². The van der Waals surface area contributed by atoms with Crippen LogP contribution >= 0.6 is 0 Å². The highest BCUT2D eigenvalue weighted by Gasteiger charge is 2.26. The molecule has 2 aromatic carbocycles. The van der Waals surface area contributed by atoms with Gasteiger partial charge in [-0.25, -0.2) is 8.42 Å². The Morgan fingerprint density at radius 2 is 1.71 bits per heavy atom. The van der Waals surface area contributed by atoms with Crippen molar-refractivity contribution in [3.63, 3.8) is 0 Å². The lowest BCUT2D eigenvalue weighted by Gasteiger charge is -2.26. The Labute approximate surface area is 139 Å². The van der Waals surface area contributed by atoms with Gasteiger partial charge in [-0.2, -0.15) is 0 Å². The van der Waals surface area contributed by atoms with E-state index in [0.717, 1.165) is 4.31 Å². The van der Waals surface area contributed by atoms with Crippen molar-refractivity contribution in [1.82, 2.24) is 0 Å². The molecule has 24 heavy (non-hydrogen) atoms. The quantitative estimate of drug-likeness (QED) is 0.776. The third-order valence-electron chi connectivity index (χ3n) is 3.42. The van der Waals surface area contributed by atoms with E-state index in [0.29, 0.717) is 24.7 Å². The predicted molar refractivity (Wildman–Crippen MR) is 83.4 cm³/mol. The van der Waals surface area contributed by atoms with Gasteiger partial charge >= 0.3 is 0 Å². The summed E-state index contributed by atoms with van der Waals surface area (Å²) in [6.07, 6.45) is 0. The van der Waals surface area contributed by atoms with Crippen LogP contribution in [-0.2, 0) is 14.8 Å². The van der Waals surface area contributed by atoms with E-state index in [2.05, 4.69) is 0 Å².